The molecule has 1 unspecified atom stereocenters. The molecule has 0 bridgehead atoms. The van der Waals surface area contributed by atoms with E-state index in [9.17, 15) is 4.79 Å². The summed E-state index contributed by atoms with van der Waals surface area (Å²) in [6.07, 6.45) is 3.95. The minimum Gasteiger partial charge on any atom is -0.444 e. The van der Waals surface area contributed by atoms with Gasteiger partial charge in [0.2, 0.25) is 11.8 Å². The van der Waals surface area contributed by atoms with Gasteiger partial charge in [-0.1, -0.05) is 20.8 Å². The van der Waals surface area contributed by atoms with Crippen LogP contribution in [0.1, 0.15) is 45.3 Å². The first kappa shape index (κ1) is 15.7. The Hall–Kier alpha value is -1.36. The van der Waals surface area contributed by atoms with Crippen molar-refractivity contribution in [3.8, 4) is 0 Å². The van der Waals surface area contributed by atoms with Crippen LogP contribution in [0.15, 0.2) is 10.6 Å². The Morgan fingerprint density at radius 1 is 1.53 bits per heavy atom. The molecule has 5 nitrogen and oxygen atoms in total. The summed E-state index contributed by atoms with van der Waals surface area (Å²) in [5.41, 5.74) is 5.69. The smallest absolute Gasteiger partial charge is 0.220 e. The zero-order valence-electron chi connectivity index (χ0n) is 12.1. The summed E-state index contributed by atoms with van der Waals surface area (Å²) in [6, 6.07) is 0. The van der Waals surface area contributed by atoms with E-state index in [1.54, 1.807) is 6.20 Å². The Balaban J connectivity index is 2.34. The van der Waals surface area contributed by atoms with Crippen LogP contribution < -0.4 is 11.1 Å². The maximum absolute atomic E-state index is 11.8. The first-order valence-corrected chi connectivity index (χ1v) is 6.95. The van der Waals surface area contributed by atoms with Crippen LogP contribution in [0.4, 0.5) is 0 Å². The number of nitrogens with two attached hydrogens (primary N) is 1. The average molecular weight is 267 g/mol. The fourth-order valence-corrected chi connectivity index (χ4v) is 2.03. The number of nitrogens with one attached hydrogen (secondary N) is 1. The number of rotatable bonds is 8. The maximum Gasteiger partial charge on any atom is 0.220 e. The molecule has 0 aliphatic rings. The molecule has 0 aliphatic heterocycles. The second kappa shape index (κ2) is 7.94. The van der Waals surface area contributed by atoms with Crippen LogP contribution in [0.5, 0.6) is 0 Å². The lowest BCUT2D eigenvalue weighted by Crippen LogP contribution is -2.28. The lowest BCUT2D eigenvalue weighted by Gasteiger charge is -2.16. The monoisotopic (exact) mass is 267 g/mol. The minimum atomic E-state index is 0.00680. The van der Waals surface area contributed by atoms with Crippen molar-refractivity contribution < 1.29 is 9.21 Å². The number of oxazole rings is 1. The molecule has 1 heterocycles. The van der Waals surface area contributed by atoms with Gasteiger partial charge in [-0.25, -0.2) is 4.98 Å². The van der Waals surface area contributed by atoms with Crippen molar-refractivity contribution in [3.63, 3.8) is 0 Å². The minimum absolute atomic E-state index is 0.00680. The quantitative estimate of drug-likeness (QED) is 0.753. The lowest BCUT2D eigenvalue weighted by atomic mass is 9.94. The van der Waals surface area contributed by atoms with E-state index in [1.807, 2.05) is 6.92 Å². The van der Waals surface area contributed by atoms with E-state index in [1.165, 1.54) is 0 Å². The molecule has 0 radical (unpaired) electrons. The third-order valence-corrected chi connectivity index (χ3v) is 3.00. The van der Waals surface area contributed by atoms with E-state index < -0.39 is 0 Å². The summed E-state index contributed by atoms with van der Waals surface area (Å²) in [4.78, 5) is 15.9. The van der Waals surface area contributed by atoms with Crippen molar-refractivity contribution in [3.05, 3.63) is 17.8 Å². The summed E-state index contributed by atoms with van der Waals surface area (Å²) in [5, 5.41) is 2.82. The highest BCUT2D eigenvalue weighted by Crippen LogP contribution is 2.14. The maximum atomic E-state index is 11.8. The van der Waals surface area contributed by atoms with Gasteiger partial charge in [-0.2, -0.15) is 0 Å². The van der Waals surface area contributed by atoms with E-state index in [-0.39, 0.29) is 11.8 Å². The van der Waals surface area contributed by atoms with Gasteiger partial charge in [0, 0.05) is 12.8 Å². The van der Waals surface area contributed by atoms with Gasteiger partial charge in [-0.3, -0.25) is 4.79 Å². The Morgan fingerprint density at radius 3 is 2.79 bits per heavy atom. The molecule has 0 fully saturated rings. The van der Waals surface area contributed by atoms with Crippen LogP contribution in [-0.2, 0) is 17.8 Å². The van der Waals surface area contributed by atoms with Gasteiger partial charge in [-0.05, 0) is 24.8 Å². The summed E-state index contributed by atoms with van der Waals surface area (Å²) in [7, 11) is 0. The Morgan fingerprint density at radius 2 is 2.26 bits per heavy atom. The molecular formula is C14H25N3O2. The van der Waals surface area contributed by atoms with Gasteiger partial charge in [0.25, 0.3) is 0 Å². The number of hydrogen-bond donors (Lipinski definition) is 2. The molecule has 19 heavy (non-hydrogen) atoms. The molecule has 5 heteroatoms. The number of carbonyl (C=O) groups is 1. The van der Waals surface area contributed by atoms with Crippen molar-refractivity contribution in [2.24, 2.45) is 17.6 Å². The zero-order valence-corrected chi connectivity index (χ0v) is 12.1. The number of amides is 1. The molecule has 108 valence electrons. The van der Waals surface area contributed by atoms with E-state index in [0.717, 1.165) is 18.6 Å². The fourth-order valence-electron chi connectivity index (χ4n) is 2.03. The highest BCUT2D eigenvalue weighted by Gasteiger charge is 2.14. The van der Waals surface area contributed by atoms with Crippen LogP contribution in [0.25, 0.3) is 0 Å². The van der Waals surface area contributed by atoms with Crippen molar-refractivity contribution >= 4 is 5.91 Å². The molecule has 0 spiro atoms. The molecule has 1 aromatic heterocycles. The molecule has 0 saturated heterocycles. The van der Waals surface area contributed by atoms with Gasteiger partial charge >= 0.3 is 0 Å². The Kier molecular flexibility index (Phi) is 6.56. The molecule has 1 amide bonds. The third kappa shape index (κ3) is 5.87. The predicted molar refractivity (Wildman–Crippen MR) is 74.3 cm³/mol. The number of hydrogen-bond acceptors (Lipinski definition) is 4. The van der Waals surface area contributed by atoms with Gasteiger partial charge in [-0.15, -0.1) is 0 Å². The molecule has 0 aliphatic carbocycles. The van der Waals surface area contributed by atoms with Crippen molar-refractivity contribution in [2.45, 2.75) is 46.6 Å². The second-order valence-corrected chi connectivity index (χ2v) is 5.29. The number of nitrogens with zero attached hydrogens (tertiary/aromatic N) is 1. The standard InChI is InChI=1S/C14H25N3O2/c1-4-12-8-17-14(19-12)9-16-13(18)6-11(7-15)5-10(2)3/h8,10-11H,4-7,9,15H2,1-3H3,(H,16,18). The van der Waals surface area contributed by atoms with E-state index in [0.29, 0.717) is 31.3 Å². The van der Waals surface area contributed by atoms with Crippen LogP contribution >= 0.6 is 0 Å². The summed E-state index contributed by atoms with van der Waals surface area (Å²) in [5.74, 6) is 2.20. The average Bonchev–Trinajstić information content (AvgIpc) is 2.83. The Bertz CT molecular complexity index is 388. The molecular weight excluding hydrogens is 242 g/mol. The van der Waals surface area contributed by atoms with Crippen LogP contribution in [-0.4, -0.2) is 17.4 Å². The third-order valence-electron chi connectivity index (χ3n) is 3.00. The lowest BCUT2D eigenvalue weighted by molar-refractivity contribution is -0.122. The summed E-state index contributed by atoms with van der Waals surface area (Å²) in [6.45, 7) is 7.17. The van der Waals surface area contributed by atoms with E-state index in [4.69, 9.17) is 10.2 Å². The van der Waals surface area contributed by atoms with E-state index in [2.05, 4.69) is 24.1 Å². The molecule has 1 aromatic rings. The molecule has 0 saturated carbocycles. The number of aryl methyl sites for hydroxylation is 1. The second-order valence-electron chi connectivity index (χ2n) is 5.29. The largest absolute Gasteiger partial charge is 0.444 e. The van der Waals surface area contributed by atoms with Crippen molar-refractivity contribution in [1.29, 1.82) is 0 Å². The molecule has 1 rings (SSSR count). The molecule has 0 aromatic carbocycles. The van der Waals surface area contributed by atoms with Crippen molar-refractivity contribution in [2.75, 3.05) is 6.54 Å². The predicted octanol–water partition coefficient (Wildman–Crippen LogP) is 1.86. The highest BCUT2D eigenvalue weighted by atomic mass is 16.4. The summed E-state index contributed by atoms with van der Waals surface area (Å²) >= 11 is 0. The summed E-state index contributed by atoms with van der Waals surface area (Å²) < 4.78 is 5.43. The molecule has 1 atom stereocenters. The van der Waals surface area contributed by atoms with E-state index >= 15 is 0 Å². The number of carbonyl (C=O) groups excluding carboxylic acids is 1. The zero-order chi connectivity index (χ0) is 14.3. The van der Waals surface area contributed by atoms with Crippen LogP contribution in [0.2, 0.25) is 0 Å². The molecule has 3 N–H and O–H groups in total. The fraction of sp³-hybridized carbons (Fsp3) is 0.714. The van der Waals surface area contributed by atoms with Gasteiger partial charge in [0.05, 0.1) is 12.7 Å². The van der Waals surface area contributed by atoms with Gasteiger partial charge in [0.1, 0.15) is 5.76 Å². The number of aromatic nitrogens is 1. The SMILES string of the molecule is CCc1cnc(CNC(=O)CC(CN)CC(C)C)o1. The topological polar surface area (TPSA) is 81.2 Å². The first-order valence-electron chi connectivity index (χ1n) is 6.95. The normalized spacial score (nSPS) is 12.7. The van der Waals surface area contributed by atoms with Crippen LogP contribution in [0.3, 0.4) is 0 Å². The first-order chi connectivity index (χ1) is 9.05. The van der Waals surface area contributed by atoms with Crippen LogP contribution in [0, 0.1) is 11.8 Å². The van der Waals surface area contributed by atoms with Gasteiger partial charge in [0.15, 0.2) is 0 Å². The Labute approximate surface area is 115 Å². The van der Waals surface area contributed by atoms with Crippen molar-refractivity contribution in [1.82, 2.24) is 10.3 Å². The van der Waals surface area contributed by atoms with Gasteiger partial charge < -0.3 is 15.5 Å². The highest BCUT2D eigenvalue weighted by molar-refractivity contribution is 5.76.